The molecule has 0 bridgehead atoms. The maximum absolute atomic E-state index is 12.7. The summed E-state index contributed by atoms with van der Waals surface area (Å²) in [6.45, 7) is 9.52. The van der Waals surface area contributed by atoms with Gasteiger partial charge in [0, 0.05) is 19.8 Å². The van der Waals surface area contributed by atoms with Gasteiger partial charge in [0.25, 0.3) is 5.91 Å². The average molecular weight is 338 g/mol. The van der Waals surface area contributed by atoms with Crippen molar-refractivity contribution in [1.82, 2.24) is 4.98 Å². The molecule has 0 aromatic carbocycles. The first kappa shape index (κ1) is 20.4. The SMILES string of the molecule is CCCO[C@@](C)(CC(C)C)C(=O)Nc1ccc(OCCOC)nc1. The van der Waals surface area contributed by atoms with Gasteiger partial charge >= 0.3 is 0 Å². The van der Waals surface area contributed by atoms with E-state index < -0.39 is 5.60 Å². The van der Waals surface area contributed by atoms with Gasteiger partial charge in [-0.15, -0.1) is 0 Å². The van der Waals surface area contributed by atoms with E-state index in [1.165, 1.54) is 0 Å². The van der Waals surface area contributed by atoms with E-state index >= 15 is 0 Å². The number of methoxy groups -OCH3 is 1. The quantitative estimate of drug-likeness (QED) is 0.627. The molecule has 0 fully saturated rings. The van der Waals surface area contributed by atoms with Crippen molar-refractivity contribution in [3.63, 3.8) is 0 Å². The van der Waals surface area contributed by atoms with Crippen LogP contribution in [0.3, 0.4) is 0 Å². The van der Waals surface area contributed by atoms with Crippen LogP contribution in [0.15, 0.2) is 18.3 Å². The summed E-state index contributed by atoms with van der Waals surface area (Å²) in [5, 5.41) is 2.88. The molecule has 0 unspecified atom stereocenters. The molecule has 1 heterocycles. The Morgan fingerprint density at radius 3 is 2.58 bits per heavy atom. The topological polar surface area (TPSA) is 69.7 Å². The molecule has 1 N–H and O–H groups in total. The Labute approximate surface area is 144 Å². The Kier molecular flexibility index (Phi) is 8.71. The summed E-state index contributed by atoms with van der Waals surface area (Å²) in [6, 6.07) is 3.49. The molecule has 24 heavy (non-hydrogen) atoms. The fourth-order valence-corrected chi connectivity index (χ4v) is 2.36. The van der Waals surface area contributed by atoms with Gasteiger partial charge in [-0.05, 0) is 31.7 Å². The second-order valence-corrected chi connectivity index (χ2v) is 6.36. The van der Waals surface area contributed by atoms with Gasteiger partial charge in [-0.3, -0.25) is 4.79 Å². The lowest BCUT2D eigenvalue weighted by Crippen LogP contribution is -2.44. The predicted octanol–water partition coefficient (Wildman–Crippen LogP) is 3.28. The fourth-order valence-electron chi connectivity index (χ4n) is 2.36. The molecule has 0 radical (unpaired) electrons. The molecule has 0 aliphatic rings. The van der Waals surface area contributed by atoms with Gasteiger partial charge in [-0.2, -0.15) is 0 Å². The second kappa shape index (κ2) is 10.3. The van der Waals surface area contributed by atoms with Crippen molar-refractivity contribution < 1.29 is 19.0 Å². The largest absolute Gasteiger partial charge is 0.475 e. The number of nitrogens with zero attached hydrogens (tertiary/aromatic N) is 1. The van der Waals surface area contributed by atoms with Crippen LogP contribution in [0.1, 0.15) is 40.5 Å². The van der Waals surface area contributed by atoms with Crippen LogP contribution in [0, 0.1) is 5.92 Å². The van der Waals surface area contributed by atoms with E-state index in [2.05, 4.69) is 24.1 Å². The van der Waals surface area contributed by atoms with E-state index in [9.17, 15) is 4.79 Å². The molecule has 1 rings (SSSR count). The zero-order valence-corrected chi connectivity index (χ0v) is 15.4. The number of amides is 1. The van der Waals surface area contributed by atoms with Crippen molar-refractivity contribution in [2.24, 2.45) is 5.92 Å². The molecule has 6 heteroatoms. The first-order chi connectivity index (χ1) is 11.4. The highest BCUT2D eigenvalue weighted by molar-refractivity contribution is 5.96. The summed E-state index contributed by atoms with van der Waals surface area (Å²) in [5.41, 5.74) is -0.230. The summed E-state index contributed by atoms with van der Waals surface area (Å²) >= 11 is 0. The van der Waals surface area contributed by atoms with Gasteiger partial charge in [-0.25, -0.2) is 4.98 Å². The van der Waals surface area contributed by atoms with E-state index in [-0.39, 0.29) is 5.91 Å². The van der Waals surface area contributed by atoms with Gasteiger partial charge in [0.15, 0.2) is 0 Å². The van der Waals surface area contributed by atoms with E-state index in [0.717, 1.165) is 6.42 Å². The van der Waals surface area contributed by atoms with Crippen molar-refractivity contribution in [3.05, 3.63) is 18.3 Å². The Morgan fingerprint density at radius 1 is 1.29 bits per heavy atom. The Bertz CT molecular complexity index is 490. The molecule has 1 aromatic rings. The zero-order chi connectivity index (χ0) is 18.0. The third-order valence-electron chi connectivity index (χ3n) is 3.43. The lowest BCUT2D eigenvalue weighted by atomic mass is 9.93. The lowest BCUT2D eigenvalue weighted by molar-refractivity contribution is -0.141. The molecule has 0 saturated heterocycles. The average Bonchev–Trinajstić information content (AvgIpc) is 2.54. The predicted molar refractivity (Wildman–Crippen MR) is 94.3 cm³/mol. The smallest absolute Gasteiger partial charge is 0.256 e. The van der Waals surface area contributed by atoms with E-state index in [4.69, 9.17) is 14.2 Å². The third-order valence-corrected chi connectivity index (χ3v) is 3.43. The van der Waals surface area contributed by atoms with Crippen LogP contribution in [0.5, 0.6) is 5.88 Å². The number of nitrogens with one attached hydrogen (secondary N) is 1. The van der Waals surface area contributed by atoms with Gasteiger partial charge in [-0.1, -0.05) is 20.8 Å². The minimum Gasteiger partial charge on any atom is -0.475 e. The summed E-state index contributed by atoms with van der Waals surface area (Å²) < 4.78 is 16.2. The molecule has 0 spiro atoms. The molecule has 0 aliphatic heterocycles. The number of aromatic nitrogens is 1. The second-order valence-electron chi connectivity index (χ2n) is 6.36. The molecular formula is C18H30N2O4. The van der Waals surface area contributed by atoms with Crippen molar-refractivity contribution >= 4 is 11.6 Å². The van der Waals surface area contributed by atoms with Gasteiger partial charge in [0.1, 0.15) is 12.2 Å². The van der Waals surface area contributed by atoms with Crippen LogP contribution in [0.2, 0.25) is 0 Å². The van der Waals surface area contributed by atoms with Gasteiger partial charge in [0.2, 0.25) is 5.88 Å². The molecule has 6 nitrogen and oxygen atoms in total. The number of hydrogen-bond acceptors (Lipinski definition) is 5. The summed E-state index contributed by atoms with van der Waals surface area (Å²) in [6.07, 6.45) is 3.11. The standard InChI is InChI=1S/C18H30N2O4/c1-6-9-24-18(4,12-14(2)3)17(21)20-15-7-8-16(19-13-15)23-11-10-22-5/h7-8,13-14H,6,9-12H2,1-5H3,(H,20,21)/t18-/m0/s1. The molecule has 136 valence electrons. The number of carbonyl (C=O) groups excluding carboxylic acids is 1. The maximum Gasteiger partial charge on any atom is 0.256 e. The van der Waals surface area contributed by atoms with E-state index in [1.54, 1.807) is 25.4 Å². The van der Waals surface area contributed by atoms with Crippen molar-refractivity contribution in [2.75, 3.05) is 32.2 Å². The van der Waals surface area contributed by atoms with Crippen LogP contribution in [0.25, 0.3) is 0 Å². The summed E-state index contributed by atoms with van der Waals surface area (Å²) in [4.78, 5) is 16.8. The minimum atomic E-state index is -0.849. The number of pyridine rings is 1. The highest BCUT2D eigenvalue weighted by atomic mass is 16.5. The van der Waals surface area contributed by atoms with Gasteiger partial charge < -0.3 is 19.5 Å². The van der Waals surface area contributed by atoms with Crippen LogP contribution in [0.4, 0.5) is 5.69 Å². The fraction of sp³-hybridized carbons (Fsp3) is 0.667. The number of hydrogen-bond donors (Lipinski definition) is 1. The monoisotopic (exact) mass is 338 g/mol. The first-order valence-corrected chi connectivity index (χ1v) is 8.44. The van der Waals surface area contributed by atoms with Crippen molar-refractivity contribution in [2.45, 2.75) is 46.1 Å². The number of rotatable bonds is 11. The number of ether oxygens (including phenoxy) is 3. The highest BCUT2D eigenvalue weighted by Crippen LogP contribution is 2.24. The van der Waals surface area contributed by atoms with Gasteiger partial charge in [0.05, 0.1) is 18.5 Å². The minimum absolute atomic E-state index is 0.153. The molecule has 0 saturated carbocycles. The van der Waals surface area contributed by atoms with Crippen LogP contribution < -0.4 is 10.1 Å². The molecule has 1 amide bonds. The first-order valence-electron chi connectivity index (χ1n) is 8.44. The number of anilines is 1. The van der Waals surface area contributed by atoms with Crippen molar-refractivity contribution in [3.8, 4) is 5.88 Å². The molecular weight excluding hydrogens is 308 g/mol. The highest BCUT2D eigenvalue weighted by Gasteiger charge is 2.34. The normalized spacial score (nSPS) is 13.6. The zero-order valence-electron chi connectivity index (χ0n) is 15.4. The van der Waals surface area contributed by atoms with E-state index in [0.29, 0.717) is 43.7 Å². The van der Waals surface area contributed by atoms with Crippen molar-refractivity contribution in [1.29, 1.82) is 0 Å². The Morgan fingerprint density at radius 2 is 2.04 bits per heavy atom. The Balaban J connectivity index is 2.68. The Hall–Kier alpha value is -1.66. The summed E-state index contributed by atoms with van der Waals surface area (Å²) in [7, 11) is 1.62. The van der Waals surface area contributed by atoms with Crippen LogP contribution >= 0.6 is 0 Å². The molecule has 0 aliphatic carbocycles. The summed E-state index contributed by atoms with van der Waals surface area (Å²) in [5.74, 6) is 0.698. The maximum atomic E-state index is 12.7. The molecule has 1 atom stereocenters. The lowest BCUT2D eigenvalue weighted by Gasteiger charge is -2.30. The number of carbonyl (C=O) groups is 1. The molecule has 1 aromatic heterocycles. The van der Waals surface area contributed by atoms with Crippen LogP contribution in [-0.4, -0.2) is 43.4 Å². The van der Waals surface area contributed by atoms with Crippen LogP contribution in [-0.2, 0) is 14.3 Å². The van der Waals surface area contributed by atoms with E-state index in [1.807, 2.05) is 13.8 Å². The third kappa shape index (κ3) is 6.84.